The van der Waals surface area contributed by atoms with Crippen molar-refractivity contribution in [2.24, 2.45) is 5.92 Å². The van der Waals surface area contributed by atoms with Gasteiger partial charge in [-0.05, 0) is 37.0 Å². The summed E-state index contributed by atoms with van der Waals surface area (Å²) in [6, 6.07) is 5.83. The van der Waals surface area contributed by atoms with Gasteiger partial charge in [0.25, 0.3) is 5.91 Å². The van der Waals surface area contributed by atoms with Crippen LogP contribution in [-0.4, -0.2) is 11.9 Å². The third-order valence-electron chi connectivity index (χ3n) is 3.30. The Balaban J connectivity index is 2.01. The van der Waals surface area contributed by atoms with Crippen LogP contribution in [0.3, 0.4) is 0 Å². The first-order chi connectivity index (χ1) is 7.61. The van der Waals surface area contributed by atoms with Crippen LogP contribution in [0.4, 0.5) is 5.69 Å². The lowest BCUT2D eigenvalue weighted by atomic mass is 10.1. The fourth-order valence-corrected chi connectivity index (χ4v) is 1.91. The van der Waals surface area contributed by atoms with Crippen LogP contribution in [0.2, 0.25) is 0 Å². The van der Waals surface area contributed by atoms with E-state index in [9.17, 15) is 4.79 Å². The summed E-state index contributed by atoms with van der Waals surface area (Å²) in [6.07, 6.45) is 2.25. The van der Waals surface area contributed by atoms with Gasteiger partial charge < -0.3 is 11.1 Å². The number of rotatable bonds is 3. The second-order valence-corrected chi connectivity index (χ2v) is 4.56. The number of nitrogens with one attached hydrogen (secondary N) is 1. The smallest absolute Gasteiger partial charge is 0.251 e. The molecule has 1 aromatic carbocycles. The van der Waals surface area contributed by atoms with Crippen LogP contribution in [0.1, 0.15) is 35.7 Å². The Kier molecular flexibility index (Phi) is 2.86. The maximum atomic E-state index is 11.9. The van der Waals surface area contributed by atoms with Crippen molar-refractivity contribution in [3.05, 3.63) is 29.3 Å². The standard InChI is InChI=1S/C13H18N2O/c1-3-9-7-12(9)15-13(16)10-5-4-8(2)11(14)6-10/h4-6,9,12H,3,7,14H2,1-2H3,(H,15,16). The number of hydrogen-bond donors (Lipinski definition) is 2. The summed E-state index contributed by atoms with van der Waals surface area (Å²) in [5.74, 6) is 0.666. The monoisotopic (exact) mass is 218 g/mol. The highest BCUT2D eigenvalue weighted by Gasteiger charge is 2.36. The molecule has 2 atom stereocenters. The molecule has 1 saturated carbocycles. The van der Waals surface area contributed by atoms with Crippen molar-refractivity contribution in [3.63, 3.8) is 0 Å². The quantitative estimate of drug-likeness (QED) is 0.763. The molecule has 0 heterocycles. The zero-order valence-corrected chi connectivity index (χ0v) is 9.79. The molecule has 3 nitrogen and oxygen atoms in total. The van der Waals surface area contributed by atoms with Gasteiger partial charge in [-0.3, -0.25) is 4.79 Å². The first kappa shape index (κ1) is 11.0. The molecule has 0 bridgehead atoms. The van der Waals surface area contributed by atoms with Gasteiger partial charge in [0.1, 0.15) is 0 Å². The topological polar surface area (TPSA) is 55.1 Å². The lowest BCUT2D eigenvalue weighted by Gasteiger charge is -2.06. The zero-order valence-electron chi connectivity index (χ0n) is 9.79. The van der Waals surface area contributed by atoms with Crippen LogP contribution in [0.25, 0.3) is 0 Å². The fraction of sp³-hybridized carbons (Fsp3) is 0.462. The second-order valence-electron chi connectivity index (χ2n) is 4.56. The number of carbonyl (C=O) groups excluding carboxylic acids is 1. The predicted molar refractivity (Wildman–Crippen MR) is 65.2 cm³/mol. The van der Waals surface area contributed by atoms with E-state index in [-0.39, 0.29) is 5.91 Å². The lowest BCUT2D eigenvalue weighted by molar-refractivity contribution is 0.0949. The van der Waals surface area contributed by atoms with E-state index >= 15 is 0 Å². The molecule has 0 aliphatic heterocycles. The van der Waals surface area contributed by atoms with Gasteiger partial charge in [0.05, 0.1) is 0 Å². The predicted octanol–water partition coefficient (Wildman–Crippen LogP) is 2.11. The SMILES string of the molecule is CCC1CC1NC(=O)c1ccc(C)c(N)c1. The highest BCUT2D eigenvalue weighted by molar-refractivity contribution is 5.95. The van der Waals surface area contributed by atoms with Gasteiger partial charge in [0, 0.05) is 17.3 Å². The molecule has 86 valence electrons. The molecular weight excluding hydrogens is 200 g/mol. The molecule has 2 rings (SSSR count). The van der Waals surface area contributed by atoms with E-state index in [0.717, 1.165) is 18.4 Å². The Morgan fingerprint density at radius 1 is 1.56 bits per heavy atom. The number of amides is 1. The van der Waals surface area contributed by atoms with Crippen LogP contribution in [0, 0.1) is 12.8 Å². The van der Waals surface area contributed by atoms with Gasteiger partial charge in [-0.1, -0.05) is 19.4 Å². The molecule has 1 aliphatic rings. The average molecular weight is 218 g/mol. The Morgan fingerprint density at radius 2 is 2.31 bits per heavy atom. The fourth-order valence-electron chi connectivity index (χ4n) is 1.91. The molecule has 3 heteroatoms. The summed E-state index contributed by atoms with van der Waals surface area (Å²) in [4.78, 5) is 11.9. The van der Waals surface area contributed by atoms with Gasteiger partial charge in [-0.25, -0.2) is 0 Å². The van der Waals surface area contributed by atoms with Crippen molar-refractivity contribution in [3.8, 4) is 0 Å². The number of aryl methyl sites for hydroxylation is 1. The number of nitrogens with two attached hydrogens (primary N) is 1. The van der Waals surface area contributed by atoms with E-state index in [4.69, 9.17) is 5.73 Å². The van der Waals surface area contributed by atoms with Gasteiger partial charge >= 0.3 is 0 Å². The van der Waals surface area contributed by atoms with Crippen LogP contribution < -0.4 is 11.1 Å². The van der Waals surface area contributed by atoms with Gasteiger partial charge in [-0.2, -0.15) is 0 Å². The molecular formula is C13H18N2O. The molecule has 0 spiro atoms. The molecule has 1 amide bonds. The van der Waals surface area contributed by atoms with Gasteiger partial charge in [0.15, 0.2) is 0 Å². The Bertz CT molecular complexity index is 414. The van der Waals surface area contributed by atoms with Crippen molar-refractivity contribution >= 4 is 11.6 Å². The van der Waals surface area contributed by atoms with Gasteiger partial charge in [-0.15, -0.1) is 0 Å². The largest absolute Gasteiger partial charge is 0.398 e. The molecule has 0 saturated heterocycles. The summed E-state index contributed by atoms with van der Waals surface area (Å²) in [6.45, 7) is 4.09. The van der Waals surface area contributed by atoms with Crippen LogP contribution in [0.5, 0.6) is 0 Å². The number of carbonyl (C=O) groups is 1. The zero-order chi connectivity index (χ0) is 11.7. The second kappa shape index (κ2) is 4.16. The Labute approximate surface area is 96.0 Å². The summed E-state index contributed by atoms with van der Waals surface area (Å²) < 4.78 is 0. The van der Waals surface area contributed by atoms with Crippen molar-refractivity contribution in [1.82, 2.24) is 5.32 Å². The summed E-state index contributed by atoms with van der Waals surface area (Å²) in [7, 11) is 0. The minimum atomic E-state index is -0.00681. The summed E-state index contributed by atoms with van der Waals surface area (Å²) in [5.41, 5.74) is 8.12. The van der Waals surface area contributed by atoms with Crippen molar-refractivity contribution in [2.75, 3.05) is 5.73 Å². The lowest BCUT2D eigenvalue weighted by Crippen LogP contribution is -2.26. The number of hydrogen-bond acceptors (Lipinski definition) is 2. The molecule has 16 heavy (non-hydrogen) atoms. The maximum absolute atomic E-state index is 11.9. The van der Waals surface area contributed by atoms with E-state index in [1.165, 1.54) is 0 Å². The summed E-state index contributed by atoms with van der Waals surface area (Å²) >= 11 is 0. The molecule has 1 fully saturated rings. The number of benzene rings is 1. The molecule has 3 N–H and O–H groups in total. The molecule has 1 aliphatic carbocycles. The third kappa shape index (κ3) is 2.18. The van der Waals surface area contributed by atoms with Crippen molar-refractivity contribution < 1.29 is 4.79 Å². The van der Waals surface area contributed by atoms with E-state index in [2.05, 4.69) is 12.2 Å². The molecule has 2 unspecified atom stereocenters. The highest BCUT2D eigenvalue weighted by Crippen LogP contribution is 2.33. The first-order valence-electron chi connectivity index (χ1n) is 5.78. The van der Waals surface area contributed by atoms with Crippen LogP contribution in [0.15, 0.2) is 18.2 Å². The average Bonchev–Trinajstić information content (AvgIpc) is 3.00. The Morgan fingerprint density at radius 3 is 2.88 bits per heavy atom. The van der Waals surface area contributed by atoms with Crippen LogP contribution in [-0.2, 0) is 0 Å². The van der Waals surface area contributed by atoms with E-state index in [1.54, 1.807) is 6.07 Å². The minimum Gasteiger partial charge on any atom is -0.398 e. The summed E-state index contributed by atoms with van der Waals surface area (Å²) in [5, 5.41) is 3.02. The first-order valence-corrected chi connectivity index (χ1v) is 5.78. The molecule has 1 aromatic rings. The highest BCUT2D eigenvalue weighted by atomic mass is 16.1. The molecule has 0 aromatic heterocycles. The molecule has 0 radical (unpaired) electrons. The third-order valence-corrected chi connectivity index (χ3v) is 3.30. The number of anilines is 1. The van der Waals surface area contributed by atoms with Crippen molar-refractivity contribution in [1.29, 1.82) is 0 Å². The Hall–Kier alpha value is -1.51. The van der Waals surface area contributed by atoms with E-state index in [0.29, 0.717) is 23.2 Å². The normalized spacial score (nSPS) is 22.9. The van der Waals surface area contributed by atoms with Crippen molar-refractivity contribution in [2.45, 2.75) is 32.7 Å². The van der Waals surface area contributed by atoms with Crippen LogP contribution >= 0.6 is 0 Å². The van der Waals surface area contributed by atoms with E-state index < -0.39 is 0 Å². The minimum absolute atomic E-state index is 0.00681. The number of nitrogen functional groups attached to an aromatic ring is 1. The maximum Gasteiger partial charge on any atom is 0.251 e. The van der Waals surface area contributed by atoms with E-state index in [1.807, 2.05) is 19.1 Å². The van der Waals surface area contributed by atoms with Gasteiger partial charge in [0.2, 0.25) is 0 Å².